The number of nitrogens with zero attached hydrogens (tertiary/aromatic N) is 1. The van der Waals surface area contributed by atoms with Crippen molar-refractivity contribution in [3.8, 4) is 5.75 Å². The van der Waals surface area contributed by atoms with E-state index in [0.29, 0.717) is 18.7 Å². The first kappa shape index (κ1) is 20.7. The van der Waals surface area contributed by atoms with Crippen molar-refractivity contribution in [3.05, 3.63) is 23.8 Å². The van der Waals surface area contributed by atoms with Gasteiger partial charge in [0.1, 0.15) is 10.6 Å². The largest absolute Gasteiger partial charge is 0.495 e. The number of nitrogens with one attached hydrogen (secondary N) is 1. The second kappa shape index (κ2) is 8.64. The number of sulfonamides is 1. The minimum Gasteiger partial charge on any atom is -0.495 e. The highest BCUT2D eigenvalue weighted by Crippen LogP contribution is 2.40. The topological polar surface area (TPSA) is 75.7 Å². The number of carbonyl (C=O) groups is 1. The third kappa shape index (κ3) is 4.31. The number of ether oxygens (including phenoxy) is 1. The number of rotatable bonds is 5. The van der Waals surface area contributed by atoms with E-state index in [1.54, 1.807) is 12.1 Å². The van der Waals surface area contributed by atoms with Gasteiger partial charge in [-0.25, -0.2) is 8.42 Å². The molecule has 0 spiro atoms. The second-order valence-electron chi connectivity index (χ2n) is 8.76. The van der Waals surface area contributed by atoms with Crippen LogP contribution in [0.1, 0.15) is 68.1 Å². The van der Waals surface area contributed by atoms with Crippen molar-refractivity contribution in [2.45, 2.75) is 68.7 Å². The van der Waals surface area contributed by atoms with E-state index in [4.69, 9.17) is 4.74 Å². The molecule has 1 aromatic carbocycles. The zero-order valence-corrected chi connectivity index (χ0v) is 18.0. The Morgan fingerprint density at radius 1 is 1.03 bits per heavy atom. The lowest BCUT2D eigenvalue weighted by atomic mass is 9.69. The van der Waals surface area contributed by atoms with E-state index in [-0.39, 0.29) is 22.6 Å². The van der Waals surface area contributed by atoms with Crippen LogP contribution in [-0.2, 0) is 10.0 Å². The predicted molar refractivity (Wildman–Crippen MR) is 112 cm³/mol. The van der Waals surface area contributed by atoms with Crippen molar-refractivity contribution >= 4 is 15.9 Å². The summed E-state index contributed by atoms with van der Waals surface area (Å²) in [6.45, 7) is 1.04. The van der Waals surface area contributed by atoms with Gasteiger partial charge in [-0.3, -0.25) is 4.79 Å². The molecular formula is C22H32N2O4S. The van der Waals surface area contributed by atoms with Crippen molar-refractivity contribution in [3.63, 3.8) is 0 Å². The molecule has 3 atom stereocenters. The van der Waals surface area contributed by atoms with Gasteiger partial charge < -0.3 is 10.1 Å². The monoisotopic (exact) mass is 420 g/mol. The first-order valence-electron chi connectivity index (χ1n) is 11.0. The minimum absolute atomic E-state index is 0.0885. The summed E-state index contributed by atoms with van der Waals surface area (Å²) in [6, 6.07) is 4.91. The van der Waals surface area contributed by atoms with E-state index in [1.807, 2.05) is 0 Å². The summed E-state index contributed by atoms with van der Waals surface area (Å²) in [5.41, 5.74) is 0.384. The summed E-state index contributed by atoms with van der Waals surface area (Å²) < 4.78 is 32.9. The molecule has 0 bridgehead atoms. The van der Waals surface area contributed by atoms with Gasteiger partial charge in [-0.1, -0.05) is 25.7 Å². The highest BCUT2D eigenvalue weighted by atomic mass is 32.2. The van der Waals surface area contributed by atoms with Crippen LogP contribution in [-0.4, -0.2) is 44.9 Å². The lowest BCUT2D eigenvalue weighted by molar-refractivity contribution is 0.0879. The van der Waals surface area contributed by atoms with Crippen LogP contribution in [0.15, 0.2) is 23.1 Å². The van der Waals surface area contributed by atoms with Gasteiger partial charge in [0.2, 0.25) is 10.0 Å². The fourth-order valence-corrected chi connectivity index (χ4v) is 7.06. The number of hydrogen-bond donors (Lipinski definition) is 1. The van der Waals surface area contributed by atoms with Crippen molar-refractivity contribution < 1.29 is 17.9 Å². The van der Waals surface area contributed by atoms with Crippen molar-refractivity contribution in [2.24, 2.45) is 11.8 Å². The summed E-state index contributed by atoms with van der Waals surface area (Å²) in [5, 5.41) is 3.17. The Bertz CT molecular complexity index is 848. The van der Waals surface area contributed by atoms with Crippen LogP contribution < -0.4 is 10.1 Å². The van der Waals surface area contributed by atoms with Crippen LogP contribution in [0.3, 0.4) is 0 Å². The zero-order chi connectivity index (χ0) is 20.4. The van der Waals surface area contributed by atoms with Crippen LogP contribution in [0.25, 0.3) is 0 Å². The van der Waals surface area contributed by atoms with Gasteiger partial charge in [-0.15, -0.1) is 0 Å². The molecule has 1 aliphatic heterocycles. The number of benzene rings is 1. The summed E-state index contributed by atoms with van der Waals surface area (Å²) in [7, 11) is -2.20. The van der Waals surface area contributed by atoms with E-state index in [2.05, 4.69) is 5.32 Å². The van der Waals surface area contributed by atoms with Crippen LogP contribution in [0.5, 0.6) is 5.75 Å². The molecule has 1 amide bonds. The molecule has 1 aromatic rings. The maximum absolute atomic E-state index is 13.1. The molecule has 0 aromatic heterocycles. The van der Waals surface area contributed by atoms with E-state index >= 15 is 0 Å². The molecule has 6 nitrogen and oxygen atoms in total. The molecule has 29 heavy (non-hydrogen) atoms. The molecular weight excluding hydrogens is 388 g/mol. The Morgan fingerprint density at radius 3 is 2.48 bits per heavy atom. The van der Waals surface area contributed by atoms with Crippen LogP contribution in [0.4, 0.5) is 0 Å². The van der Waals surface area contributed by atoms with Crippen molar-refractivity contribution in [2.75, 3.05) is 20.2 Å². The van der Waals surface area contributed by atoms with Gasteiger partial charge in [0.25, 0.3) is 5.91 Å². The molecule has 2 aliphatic carbocycles. The van der Waals surface area contributed by atoms with Gasteiger partial charge >= 0.3 is 0 Å². The standard InChI is InChI=1S/C22H32N2O4S/c1-28-20-11-9-18(15-21(20)29(26,27)24-12-4-5-13-24)22(25)23-19-10-8-16-6-2-3-7-17(16)14-19/h9,11,15-17,19H,2-8,10,12-14H2,1H3,(H,23,25)/t16-,17+,19-/m1/s1. The van der Waals surface area contributed by atoms with Gasteiger partial charge in [-0.2, -0.15) is 4.31 Å². The lowest BCUT2D eigenvalue weighted by Gasteiger charge is -2.39. The molecule has 3 fully saturated rings. The molecule has 1 saturated heterocycles. The SMILES string of the molecule is COc1ccc(C(=O)N[C@@H]2CC[C@H]3CCCC[C@H]3C2)cc1S(=O)(=O)N1CCCC1. The van der Waals surface area contributed by atoms with E-state index < -0.39 is 10.0 Å². The lowest BCUT2D eigenvalue weighted by Crippen LogP contribution is -2.41. The Morgan fingerprint density at radius 2 is 1.76 bits per heavy atom. The normalized spacial score (nSPS) is 28.0. The summed E-state index contributed by atoms with van der Waals surface area (Å²) in [4.78, 5) is 13.0. The van der Waals surface area contributed by atoms with E-state index in [9.17, 15) is 13.2 Å². The van der Waals surface area contributed by atoms with Crippen molar-refractivity contribution in [1.82, 2.24) is 9.62 Å². The summed E-state index contributed by atoms with van der Waals surface area (Å²) >= 11 is 0. The molecule has 1 N–H and O–H groups in total. The maximum Gasteiger partial charge on any atom is 0.251 e. The minimum atomic E-state index is -3.66. The van der Waals surface area contributed by atoms with Gasteiger partial charge in [0, 0.05) is 24.7 Å². The average Bonchev–Trinajstić information content (AvgIpc) is 3.29. The van der Waals surface area contributed by atoms with E-state index in [0.717, 1.165) is 37.5 Å². The van der Waals surface area contributed by atoms with Crippen LogP contribution in [0.2, 0.25) is 0 Å². The number of amides is 1. The fraction of sp³-hybridized carbons (Fsp3) is 0.682. The van der Waals surface area contributed by atoms with Crippen LogP contribution >= 0.6 is 0 Å². The summed E-state index contributed by atoms with van der Waals surface area (Å²) in [5.74, 6) is 1.65. The smallest absolute Gasteiger partial charge is 0.251 e. The number of carbonyl (C=O) groups excluding carboxylic acids is 1. The first-order chi connectivity index (χ1) is 14.0. The van der Waals surface area contributed by atoms with Gasteiger partial charge in [0.05, 0.1) is 7.11 Å². The zero-order valence-electron chi connectivity index (χ0n) is 17.2. The molecule has 1 heterocycles. The van der Waals surface area contributed by atoms with Gasteiger partial charge in [0.15, 0.2) is 0 Å². The molecule has 4 rings (SSSR count). The Hall–Kier alpha value is -1.60. The average molecular weight is 421 g/mol. The molecule has 0 unspecified atom stereocenters. The second-order valence-corrected chi connectivity index (χ2v) is 10.7. The van der Waals surface area contributed by atoms with E-state index in [1.165, 1.54) is 49.6 Å². The Labute approximate surface area is 174 Å². The molecule has 3 aliphatic rings. The Kier molecular flexibility index (Phi) is 6.16. The molecule has 0 radical (unpaired) electrons. The quantitative estimate of drug-likeness (QED) is 0.790. The molecule has 7 heteroatoms. The van der Waals surface area contributed by atoms with Crippen LogP contribution in [0, 0.1) is 11.8 Å². The third-order valence-corrected chi connectivity index (χ3v) is 8.90. The van der Waals surface area contributed by atoms with Crippen molar-refractivity contribution in [1.29, 1.82) is 0 Å². The molecule has 160 valence electrons. The highest BCUT2D eigenvalue weighted by Gasteiger charge is 2.34. The number of hydrogen-bond acceptors (Lipinski definition) is 4. The fourth-order valence-electron chi connectivity index (χ4n) is 5.36. The number of methoxy groups -OCH3 is 1. The molecule has 2 saturated carbocycles. The van der Waals surface area contributed by atoms with Gasteiger partial charge in [-0.05, 0) is 62.1 Å². The predicted octanol–water partition coefficient (Wildman–Crippen LogP) is 3.57. The Balaban J connectivity index is 1.50. The first-order valence-corrected chi connectivity index (χ1v) is 12.4. The summed E-state index contributed by atoms with van der Waals surface area (Å²) in [6.07, 6.45) is 10.2. The highest BCUT2D eigenvalue weighted by molar-refractivity contribution is 7.89. The third-order valence-electron chi connectivity index (χ3n) is 6.98. The maximum atomic E-state index is 13.1. The number of fused-ring (bicyclic) bond motifs is 1.